The maximum atomic E-state index is 12.3. The summed E-state index contributed by atoms with van der Waals surface area (Å²) in [4.78, 5) is 34.8. The van der Waals surface area contributed by atoms with Gasteiger partial charge in [0.2, 0.25) is 11.9 Å². The third-order valence-electron chi connectivity index (χ3n) is 5.46. The number of aliphatic hydroxyl groups is 1. The van der Waals surface area contributed by atoms with Crippen LogP contribution >= 0.6 is 11.6 Å². The first-order valence-corrected chi connectivity index (χ1v) is 11.0. The van der Waals surface area contributed by atoms with Crippen LogP contribution in [0.1, 0.15) is 17.7 Å². The Bertz CT molecular complexity index is 1090. The number of benzene rings is 1. The molecule has 0 atom stereocenters. The maximum absolute atomic E-state index is 12.3. The molecular weight excluding hydrogens is 430 g/mol. The Kier molecular flexibility index (Phi) is 7.09. The van der Waals surface area contributed by atoms with Crippen molar-refractivity contribution in [3.63, 3.8) is 0 Å². The first-order chi connectivity index (χ1) is 15.5. The number of nitrogens with one attached hydrogen (secondary N) is 1. The Labute approximate surface area is 191 Å². The molecule has 10 heteroatoms. The van der Waals surface area contributed by atoms with Crippen molar-refractivity contribution in [2.24, 2.45) is 0 Å². The van der Waals surface area contributed by atoms with Gasteiger partial charge in [-0.05, 0) is 31.0 Å². The average Bonchev–Trinajstić information content (AvgIpc) is 2.80. The predicted octanol–water partition coefficient (Wildman–Crippen LogP) is 2.07. The average molecular weight is 456 g/mol. The SMILES string of the molecule is Cc1nc(N2CCN(CCO)CC2)nc2ncc(NC(=O)CCc3ccc(Cl)cc3)nc12. The number of nitrogens with zero attached hydrogens (tertiary/aromatic N) is 6. The zero-order valence-electron chi connectivity index (χ0n) is 18.0. The molecule has 0 aliphatic carbocycles. The van der Waals surface area contributed by atoms with Crippen molar-refractivity contribution in [3.05, 3.63) is 46.7 Å². The fourth-order valence-corrected chi connectivity index (χ4v) is 3.78. The molecule has 0 saturated carbocycles. The van der Waals surface area contributed by atoms with Gasteiger partial charge in [0.05, 0.1) is 18.5 Å². The van der Waals surface area contributed by atoms with E-state index in [1.165, 1.54) is 6.20 Å². The summed E-state index contributed by atoms with van der Waals surface area (Å²) in [7, 11) is 0. The lowest BCUT2D eigenvalue weighted by atomic mass is 10.1. The smallest absolute Gasteiger partial charge is 0.227 e. The predicted molar refractivity (Wildman–Crippen MR) is 124 cm³/mol. The number of carbonyl (C=O) groups is 1. The highest BCUT2D eigenvalue weighted by Gasteiger charge is 2.20. The van der Waals surface area contributed by atoms with E-state index in [0.29, 0.717) is 53.0 Å². The van der Waals surface area contributed by atoms with E-state index in [0.717, 1.165) is 31.7 Å². The Morgan fingerprint density at radius 2 is 1.88 bits per heavy atom. The summed E-state index contributed by atoms with van der Waals surface area (Å²) in [6.07, 6.45) is 2.47. The molecule has 1 aromatic carbocycles. The summed E-state index contributed by atoms with van der Waals surface area (Å²) < 4.78 is 0. The number of piperazine rings is 1. The second kappa shape index (κ2) is 10.2. The fourth-order valence-electron chi connectivity index (χ4n) is 3.66. The number of hydrogen-bond donors (Lipinski definition) is 2. The number of aromatic nitrogens is 4. The van der Waals surface area contributed by atoms with E-state index < -0.39 is 0 Å². The molecule has 1 aliphatic heterocycles. The van der Waals surface area contributed by atoms with Gasteiger partial charge in [-0.2, -0.15) is 4.98 Å². The van der Waals surface area contributed by atoms with Crippen molar-refractivity contribution in [1.82, 2.24) is 24.8 Å². The van der Waals surface area contributed by atoms with Crippen LogP contribution in [-0.2, 0) is 11.2 Å². The molecule has 32 heavy (non-hydrogen) atoms. The molecule has 9 nitrogen and oxygen atoms in total. The van der Waals surface area contributed by atoms with E-state index >= 15 is 0 Å². The molecule has 3 heterocycles. The number of rotatable bonds is 7. The monoisotopic (exact) mass is 455 g/mol. The van der Waals surface area contributed by atoms with Gasteiger partial charge in [0.1, 0.15) is 5.52 Å². The summed E-state index contributed by atoms with van der Waals surface area (Å²) in [6.45, 7) is 6.02. The Morgan fingerprint density at radius 3 is 2.59 bits per heavy atom. The number of β-amino-alcohol motifs (C(OH)–C–C–N with tert-alkyl or cyclic N) is 1. The van der Waals surface area contributed by atoms with E-state index in [-0.39, 0.29) is 12.5 Å². The Morgan fingerprint density at radius 1 is 1.12 bits per heavy atom. The molecule has 1 fully saturated rings. The van der Waals surface area contributed by atoms with Gasteiger partial charge < -0.3 is 15.3 Å². The molecule has 0 bridgehead atoms. The van der Waals surface area contributed by atoms with Crippen LogP contribution in [0.2, 0.25) is 5.02 Å². The van der Waals surface area contributed by atoms with Gasteiger partial charge in [0.15, 0.2) is 11.5 Å². The quantitative estimate of drug-likeness (QED) is 0.557. The lowest BCUT2D eigenvalue weighted by Crippen LogP contribution is -2.47. The highest BCUT2D eigenvalue weighted by Crippen LogP contribution is 2.19. The van der Waals surface area contributed by atoms with Gasteiger partial charge in [0, 0.05) is 44.2 Å². The molecule has 4 rings (SSSR count). The van der Waals surface area contributed by atoms with Crippen molar-refractivity contribution in [1.29, 1.82) is 0 Å². The zero-order valence-corrected chi connectivity index (χ0v) is 18.7. The van der Waals surface area contributed by atoms with Crippen LogP contribution in [0.15, 0.2) is 30.5 Å². The highest BCUT2D eigenvalue weighted by atomic mass is 35.5. The van der Waals surface area contributed by atoms with Gasteiger partial charge in [0.25, 0.3) is 0 Å². The molecule has 0 radical (unpaired) electrons. The molecule has 168 valence electrons. The van der Waals surface area contributed by atoms with E-state index in [4.69, 9.17) is 16.7 Å². The fraction of sp³-hybridized carbons (Fsp3) is 0.409. The molecule has 1 amide bonds. The number of aliphatic hydroxyl groups excluding tert-OH is 1. The first kappa shape index (κ1) is 22.3. The van der Waals surface area contributed by atoms with Crippen LogP contribution in [0.25, 0.3) is 11.2 Å². The number of carbonyl (C=O) groups excluding carboxylic acids is 1. The summed E-state index contributed by atoms with van der Waals surface area (Å²) in [5.41, 5.74) is 2.84. The van der Waals surface area contributed by atoms with Crippen LogP contribution in [0.4, 0.5) is 11.8 Å². The Hall–Kier alpha value is -2.88. The van der Waals surface area contributed by atoms with Crippen LogP contribution in [0.5, 0.6) is 0 Å². The molecular formula is C22H26ClN7O2. The minimum absolute atomic E-state index is 0.135. The summed E-state index contributed by atoms with van der Waals surface area (Å²) in [6, 6.07) is 7.46. The van der Waals surface area contributed by atoms with Crippen LogP contribution in [0, 0.1) is 6.92 Å². The lowest BCUT2D eigenvalue weighted by molar-refractivity contribution is -0.116. The summed E-state index contributed by atoms with van der Waals surface area (Å²) in [5.74, 6) is 0.882. The number of anilines is 2. The second-order valence-corrected chi connectivity index (χ2v) is 8.20. The van der Waals surface area contributed by atoms with Crippen LogP contribution in [-0.4, -0.2) is 75.2 Å². The number of fused-ring (bicyclic) bond motifs is 1. The normalized spacial score (nSPS) is 14.7. The number of amides is 1. The van der Waals surface area contributed by atoms with Crippen LogP contribution in [0.3, 0.4) is 0 Å². The van der Waals surface area contributed by atoms with E-state index in [2.05, 4.69) is 35.1 Å². The van der Waals surface area contributed by atoms with Gasteiger partial charge in [-0.25, -0.2) is 15.0 Å². The van der Waals surface area contributed by atoms with Gasteiger partial charge in [-0.1, -0.05) is 23.7 Å². The van der Waals surface area contributed by atoms with Crippen molar-refractivity contribution >= 4 is 40.4 Å². The van der Waals surface area contributed by atoms with E-state index in [9.17, 15) is 4.79 Å². The molecule has 1 saturated heterocycles. The van der Waals surface area contributed by atoms with Crippen molar-refractivity contribution in [2.45, 2.75) is 19.8 Å². The van der Waals surface area contributed by atoms with Gasteiger partial charge >= 0.3 is 0 Å². The molecule has 1 aliphatic rings. The second-order valence-electron chi connectivity index (χ2n) is 7.76. The van der Waals surface area contributed by atoms with Gasteiger partial charge in [-0.3, -0.25) is 9.69 Å². The molecule has 0 unspecified atom stereocenters. The molecule has 2 aromatic heterocycles. The highest BCUT2D eigenvalue weighted by molar-refractivity contribution is 6.30. The molecule has 3 aromatic rings. The van der Waals surface area contributed by atoms with E-state index in [1.54, 1.807) is 0 Å². The summed E-state index contributed by atoms with van der Waals surface area (Å²) in [5, 5.41) is 12.6. The summed E-state index contributed by atoms with van der Waals surface area (Å²) >= 11 is 5.90. The van der Waals surface area contributed by atoms with Crippen LogP contribution < -0.4 is 10.2 Å². The Balaban J connectivity index is 1.40. The van der Waals surface area contributed by atoms with Crippen molar-refractivity contribution in [3.8, 4) is 0 Å². The standard InChI is InChI=1S/C22H26ClN7O2/c1-15-20-21(28-22(25-15)30-10-8-29(9-11-30)12-13-31)24-14-18(27-20)26-19(32)7-4-16-2-5-17(23)6-3-16/h2-3,5-6,14,31H,4,7-13H2,1H3,(H,26,27,32). The third kappa shape index (κ3) is 5.48. The largest absolute Gasteiger partial charge is 0.395 e. The van der Waals surface area contributed by atoms with Gasteiger partial charge in [-0.15, -0.1) is 0 Å². The number of hydrogen-bond acceptors (Lipinski definition) is 8. The van der Waals surface area contributed by atoms with E-state index in [1.807, 2.05) is 31.2 Å². The van der Waals surface area contributed by atoms with Crippen molar-refractivity contribution in [2.75, 3.05) is 49.5 Å². The van der Waals surface area contributed by atoms with Crippen molar-refractivity contribution < 1.29 is 9.90 Å². The number of halogens is 1. The first-order valence-electron chi connectivity index (χ1n) is 10.7. The zero-order chi connectivity index (χ0) is 22.5. The maximum Gasteiger partial charge on any atom is 0.227 e. The third-order valence-corrected chi connectivity index (χ3v) is 5.71. The molecule has 0 spiro atoms. The lowest BCUT2D eigenvalue weighted by Gasteiger charge is -2.34. The minimum atomic E-state index is -0.135. The number of aryl methyl sites for hydroxylation is 2. The minimum Gasteiger partial charge on any atom is -0.395 e. The molecule has 2 N–H and O–H groups in total. The topological polar surface area (TPSA) is 107 Å².